The first-order chi connectivity index (χ1) is 6.52. The van der Waals surface area contributed by atoms with Crippen LogP contribution in [0.5, 0.6) is 5.75 Å². The highest BCUT2D eigenvalue weighted by Crippen LogP contribution is 2.23. The van der Waals surface area contributed by atoms with Crippen molar-refractivity contribution in [3.63, 3.8) is 0 Å². The topological polar surface area (TPSA) is 49.7 Å². The van der Waals surface area contributed by atoms with E-state index in [-0.39, 0.29) is 0 Å². The molecule has 0 aliphatic rings. The number of benzene rings is 1. The molecule has 0 saturated heterocycles. The standard InChI is InChI=1S/C11H16O3/c1-7-5-4-6-8(2)10(7)14-11(13)9(3)12/h4-6,9,11-13H,1-3H3/t9?,11-/m0/s1. The Labute approximate surface area is 84.0 Å². The van der Waals surface area contributed by atoms with Crippen molar-refractivity contribution in [2.45, 2.75) is 33.2 Å². The van der Waals surface area contributed by atoms with Crippen LogP contribution in [0.15, 0.2) is 18.2 Å². The number of aryl methyl sites for hydroxylation is 2. The molecule has 0 aromatic heterocycles. The maximum atomic E-state index is 9.36. The number of ether oxygens (including phenoxy) is 1. The van der Waals surface area contributed by atoms with Gasteiger partial charge in [0.25, 0.3) is 0 Å². The molecule has 1 aromatic rings. The van der Waals surface area contributed by atoms with Crippen LogP contribution < -0.4 is 4.74 Å². The number of rotatable bonds is 3. The molecule has 78 valence electrons. The highest BCUT2D eigenvalue weighted by atomic mass is 16.6. The number of para-hydroxylation sites is 1. The Morgan fingerprint density at radius 1 is 1.14 bits per heavy atom. The van der Waals surface area contributed by atoms with E-state index in [1.165, 1.54) is 6.92 Å². The highest BCUT2D eigenvalue weighted by molar-refractivity contribution is 5.39. The molecule has 0 amide bonds. The van der Waals surface area contributed by atoms with Gasteiger partial charge >= 0.3 is 0 Å². The Hall–Kier alpha value is -1.06. The van der Waals surface area contributed by atoms with Crippen LogP contribution in [0.4, 0.5) is 0 Å². The van der Waals surface area contributed by atoms with Crippen LogP contribution in [0.2, 0.25) is 0 Å². The molecule has 3 heteroatoms. The number of aliphatic hydroxyl groups excluding tert-OH is 2. The fraction of sp³-hybridized carbons (Fsp3) is 0.455. The summed E-state index contributed by atoms with van der Waals surface area (Å²) in [6, 6.07) is 5.72. The monoisotopic (exact) mass is 196 g/mol. The number of hydrogen-bond acceptors (Lipinski definition) is 3. The minimum absolute atomic E-state index is 0.640. The van der Waals surface area contributed by atoms with E-state index < -0.39 is 12.4 Å². The summed E-state index contributed by atoms with van der Waals surface area (Å²) in [6.45, 7) is 5.28. The Morgan fingerprint density at radius 2 is 1.64 bits per heavy atom. The molecule has 14 heavy (non-hydrogen) atoms. The number of aliphatic hydroxyl groups is 2. The summed E-state index contributed by atoms with van der Waals surface area (Å²) in [5.74, 6) is 0.640. The normalized spacial score (nSPS) is 14.9. The van der Waals surface area contributed by atoms with Crippen LogP contribution in [0.1, 0.15) is 18.1 Å². The van der Waals surface area contributed by atoms with Crippen molar-refractivity contribution in [3.05, 3.63) is 29.3 Å². The first kappa shape index (κ1) is 11.0. The van der Waals surface area contributed by atoms with Crippen molar-refractivity contribution in [2.24, 2.45) is 0 Å². The van der Waals surface area contributed by atoms with Crippen molar-refractivity contribution in [1.82, 2.24) is 0 Å². The van der Waals surface area contributed by atoms with Gasteiger partial charge in [0, 0.05) is 0 Å². The Balaban J connectivity index is 2.85. The Bertz CT molecular complexity index is 287. The first-order valence-corrected chi connectivity index (χ1v) is 4.61. The molecular weight excluding hydrogens is 180 g/mol. The molecule has 0 bridgehead atoms. The van der Waals surface area contributed by atoms with Crippen LogP contribution in [0, 0.1) is 13.8 Å². The summed E-state index contributed by atoms with van der Waals surface area (Å²) in [5.41, 5.74) is 1.90. The van der Waals surface area contributed by atoms with E-state index in [4.69, 9.17) is 9.84 Å². The van der Waals surface area contributed by atoms with Gasteiger partial charge in [-0.05, 0) is 31.9 Å². The van der Waals surface area contributed by atoms with Crippen molar-refractivity contribution in [2.75, 3.05) is 0 Å². The zero-order valence-corrected chi connectivity index (χ0v) is 8.69. The predicted octanol–water partition coefficient (Wildman–Crippen LogP) is 1.38. The zero-order chi connectivity index (χ0) is 10.7. The van der Waals surface area contributed by atoms with Gasteiger partial charge in [-0.25, -0.2) is 0 Å². The summed E-state index contributed by atoms with van der Waals surface area (Å²) in [5, 5.41) is 18.4. The van der Waals surface area contributed by atoms with Crippen LogP contribution in [-0.2, 0) is 0 Å². The minimum atomic E-state index is -1.17. The van der Waals surface area contributed by atoms with E-state index in [2.05, 4.69) is 0 Å². The molecule has 0 aliphatic carbocycles. The third-order valence-electron chi connectivity index (χ3n) is 2.06. The van der Waals surface area contributed by atoms with Gasteiger partial charge < -0.3 is 14.9 Å². The third-order valence-corrected chi connectivity index (χ3v) is 2.06. The van der Waals surface area contributed by atoms with Gasteiger partial charge in [0.1, 0.15) is 11.9 Å². The zero-order valence-electron chi connectivity index (χ0n) is 8.69. The van der Waals surface area contributed by atoms with Gasteiger partial charge in [0.05, 0.1) is 0 Å². The maximum absolute atomic E-state index is 9.36. The summed E-state index contributed by atoms with van der Waals surface area (Å²) in [4.78, 5) is 0. The van der Waals surface area contributed by atoms with E-state index in [0.717, 1.165) is 11.1 Å². The lowest BCUT2D eigenvalue weighted by molar-refractivity contribution is -0.0964. The summed E-state index contributed by atoms with van der Waals surface area (Å²) < 4.78 is 5.24. The van der Waals surface area contributed by atoms with Crippen molar-refractivity contribution >= 4 is 0 Å². The summed E-state index contributed by atoms with van der Waals surface area (Å²) >= 11 is 0. The van der Waals surface area contributed by atoms with E-state index in [1.807, 2.05) is 32.0 Å². The molecular formula is C11H16O3. The molecule has 1 rings (SSSR count). The quantitative estimate of drug-likeness (QED) is 0.718. The second kappa shape index (κ2) is 4.44. The molecule has 0 heterocycles. The van der Waals surface area contributed by atoms with Crippen molar-refractivity contribution < 1.29 is 14.9 Å². The van der Waals surface area contributed by atoms with Crippen LogP contribution in [0.25, 0.3) is 0 Å². The number of hydrogen-bond donors (Lipinski definition) is 2. The van der Waals surface area contributed by atoms with Gasteiger partial charge in [-0.1, -0.05) is 18.2 Å². The van der Waals surface area contributed by atoms with Gasteiger partial charge in [-0.15, -0.1) is 0 Å². The molecule has 1 aromatic carbocycles. The van der Waals surface area contributed by atoms with E-state index in [0.29, 0.717) is 5.75 Å². The Morgan fingerprint density at radius 3 is 2.07 bits per heavy atom. The fourth-order valence-electron chi connectivity index (χ4n) is 1.20. The van der Waals surface area contributed by atoms with E-state index in [9.17, 15) is 5.11 Å². The average Bonchev–Trinajstić information content (AvgIpc) is 2.11. The lowest BCUT2D eigenvalue weighted by atomic mass is 10.1. The largest absolute Gasteiger partial charge is 0.462 e. The van der Waals surface area contributed by atoms with Crippen LogP contribution in [0.3, 0.4) is 0 Å². The molecule has 0 aliphatic heterocycles. The van der Waals surface area contributed by atoms with Gasteiger partial charge in [-0.3, -0.25) is 0 Å². The second-order valence-corrected chi connectivity index (χ2v) is 3.47. The average molecular weight is 196 g/mol. The molecule has 0 spiro atoms. The molecule has 3 nitrogen and oxygen atoms in total. The smallest absolute Gasteiger partial charge is 0.223 e. The SMILES string of the molecule is Cc1cccc(C)c1O[C@H](O)C(C)O. The van der Waals surface area contributed by atoms with Gasteiger partial charge in [0.2, 0.25) is 6.29 Å². The molecule has 2 N–H and O–H groups in total. The highest BCUT2D eigenvalue weighted by Gasteiger charge is 2.14. The predicted molar refractivity (Wildman–Crippen MR) is 54.2 cm³/mol. The molecule has 0 saturated carbocycles. The van der Waals surface area contributed by atoms with Gasteiger partial charge in [0.15, 0.2) is 0 Å². The lowest BCUT2D eigenvalue weighted by Crippen LogP contribution is -2.29. The minimum Gasteiger partial charge on any atom is -0.462 e. The van der Waals surface area contributed by atoms with Gasteiger partial charge in [-0.2, -0.15) is 0 Å². The lowest BCUT2D eigenvalue weighted by Gasteiger charge is -2.18. The van der Waals surface area contributed by atoms with Crippen LogP contribution in [-0.4, -0.2) is 22.6 Å². The summed E-state index contributed by atoms with van der Waals surface area (Å²) in [6.07, 6.45) is -2.07. The second-order valence-electron chi connectivity index (χ2n) is 3.47. The molecule has 0 radical (unpaired) electrons. The molecule has 2 atom stereocenters. The fourth-order valence-corrected chi connectivity index (χ4v) is 1.20. The Kier molecular flexibility index (Phi) is 3.49. The van der Waals surface area contributed by atoms with Crippen molar-refractivity contribution in [1.29, 1.82) is 0 Å². The maximum Gasteiger partial charge on any atom is 0.223 e. The molecule has 1 unspecified atom stereocenters. The van der Waals surface area contributed by atoms with E-state index in [1.54, 1.807) is 0 Å². The first-order valence-electron chi connectivity index (χ1n) is 4.61. The van der Waals surface area contributed by atoms with Crippen LogP contribution >= 0.6 is 0 Å². The van der Waals surface area contributed by atoms with E-state index >= 15 is 0 Å². The third kappa shape index (κ3) is 2.47. The molecule has 0 fully saturated rings. The summed E-state index contributed by atoms with van der Waals surface area (Å²) in [7, 11) is 0. The van der Waals surface area contributed by atoms with Crippen molar-refractivity contribution in [3.8, 4) is 5.75 Å².